The van der Waals surface area contributed by atoms with Crippen molar-refractivity contribution in [1.82, 2.24) is 4.98 Å². The van der Waals surface area contributed by atoms with Crippen molar-refractivity contribution in [1.29, 1.82) is 0 Å². The molecule has 3 heteroatoms. The summed E-state index contributed by atoms with van der Waals surface area (Å²) in [7, 11) is 0. The minimum atomic E-state index is -0.203. The number of rotatable bonds is 5. The molecule has 1 aromatic rings. The van der Waals surface area contributed by atoms with Crippen LogP contribution >= 0.6 is 0 Å². The molecular formula is C10H16N2O. The van der Waals surface area contributed by atoms with Crippen LogP contribution in [-0.4, -0.2) is 22.7 Å². The Hall–Kier alpha value is -1.09. The Morgan fingerprint density at radius 1 is 1.54 bits per heavy atom. The van der Waals surface area contributed by atoms with E-state index in [2.05, 4.69) is 10.3 Å². The van der Waals surface area contributed by atoms with E-state index in [1.54, 1.807) is 13.1 Å². The van der Waals surface area contributed by atoms with Gasteiger partial charge in [0.05, 0.1) is 6.10 Å². The first-order chi connectivity index (χ1) is 6.29. The van der Waals surface area contributed by atoms with E-state index in [0.29, 0.717) is 0 Å². The number of nitrogens with zero attached hydrogens (tertiary/aromatic N) is 1. The van der Waals surface area contributed by atoms with Crippen LogP contribution in [0.3, 0.4) is 0 Å². The van der Waals surface area contributed by atoms with Crippen molar-refractivity contribution in [2.24, 2.45) is 0 Å². The summed E-state index contributed by atoms with van der Waals surface area (Å²) in [5, 5.41) is 12.2. The molecule has 0 saturated heterocycles. The molecule has 0 bridgehead atoms. The summed E-state index contributed by atoms with van der Waals surface area (Å²) in [4.78, 5) is 4.12. The number of aliphatic hydroxyl groups is 1. The lowest BCUT2D eigenvalue weighted by atomic mass is 10.2. The van der Waals surface area contributed by atoms with Crippen LogP contribution in [0.4, 0.5) is 5.82 Å². The summed E-state index contributed by atoms with van der Waals surface area (Å²) in [6.45, 7) is 2.67. The zero-order valence-electron chi connectivity index (χ0n) is 7.90. The molecule has 1 heterocycles. The molecular weight excluding hydrogens is 164 g/mol. The van der Waals surface area contributed by atoms with Crippen molar-refractivity contribution < 1.29 is 5.11 Å². The Bertz CT molecular complexity index is 224. The molecule has 0 aliphatic carbocycles. The average molecular weight is 180 g/mol. The molecule has 3 nitrogen and oxygen atoms in total. The van der Waals surface area contributed by atoms with Crippen LogP contribution in [0.25, 0.3) is 0 Å². The van der Waals surface area contributed by atoms with Gasteiger partial charge in [-0.3, -0.25) is 0 Å². The van der Waals surface area contributed by atoms with Gasteiger partial charge in [-0.1, -0.05) is 6.07 Å². The maximum atomic E-state index is 9.01. The molecule has 0 amide bonds. The molecule has 0 aliphatic rings. The van der Waals surface area contributed by atoms with Gasteiger partial charge in [-0.25, -0.2) is 4.98 Å². The Morgan fingerprint density at radius 2 is 2.38 bits per heavy atom. The molecule has 1 unspecified atom stereocenters. The van der Waals surface area contributed by atoms with Crippen molar-refractivity contribution in [2.75, 3.05) is 11.9 Å². The average Bonchev–Trinajstić information content (AvgIpc) is 2.14. The van der Waals surface area contributed by atoms with E-state index in [0.717, 1.165) is 25.2 Å². The highest BCUT2D eigenvalue weighted by Crippen LogP contribution is 2.01. The maximum absolute atomic E-state index is 9.01. The van der Waals surface area contributed by atoms with Gasteiger partial charge in [-0.2, -0.15) is 0 Å². The Morgan fingerprint density at radius 3 is 3.00 bits per heavy atom. The van der Waals surface area contributed by atoms with Gasteiger partial charge >= 0.3 is 0 Å². The molecule has 0 saturated carbocycles. The first-order valence-corrected chi connectivity index (χ1v) is 4.62. The summed E-state index contributed by atoms with van der Waals surface area (Å²) >= 11 is 0. The molecule has 2 N–H and O–H groups in total. The van der Waals surface area contributed by atoms with E-state index in [1.165, 1.54) is 0 Å². The highest BCUT2D eigenvalue weighted by atomic mass is 16.3. The lowest BCUT2D eigenvalue weighted by Crippen LogP contribution is -2.07. The molecule has 72 valence electrons. The fourth-order valence-electron chi connectivity index (χ4n) is 1.08. The quantitative estimate of drug-likeness (QED) is 0.677. The van der Waals surface area contributed by atoms with Crippen LogP contribution in [0.15, 0.2) is 24.4 Å². The lowest BCUT2D eigenvalue weighted by molar-refractivity contribution is 0.183. The van der Waals surface area contributed by atoms with E-state index >= 15 is 0 Å². The van der Waals surface area contributed by atoms with Crippen LogP contribution in [-0.2, 0) is 0 Å². The molecule has 1 rings (SSSR count). The van der Waals surface area contributed by atoms with Crippen molar-refractivity contribution >= 4 is 5.82 Å². The van der Waals surface area contributed by atoms with Gasteiger partial charge in [0.25, 0.3) is 0 Å². The predicted octanol–water partition coefficient (Wildman–Crippen LogP) is 1.65. The third-order valence-electron chi connectivity index (χ3n) is 1.77. The summed E-state index contributed by atoms with van der Waals surface area (Å²) in [5.74, 6) is 0.896. The summed E-state index contributed by atoms with van der Waals surface area (Å²) in [6.07, 6.45) is 3.36. The lowest BCUT2D eigenvalue weighted by Gasteiger charge is -2.05. The predicted molar refractivity (Wildman–Crippen MR) is 53.6 cm³/mol. The van der Waals surface area contributed by atoms with E-state index < -0.39 is 0 Å². The summed E-state index contributed by atoms with van der Waals surface area (Å²) in [5.41, 5.74) is 0. The van der Waals surface area contributed by atoms with Crippen molar-refractivity contribution in [3.05, 3.63) is 24.4 Å². The number of aromatic nitrogens is 1. The second-order valence-electron chi connectivity index (χ2n) is 3.13. The van der Waals surface area contributed by atoms with Gasteiger partial charge in [0.15, 0.2) is 0 Å². The minimum absolute atomic E-state index is 0.203. The monoisotopic (exact) mass is 180 g/mol. The van der Waals surface area contributed by atoms with Gasteiger partial charge in [-0.05, 0) is 31.9 Å². The van der Waals surface area contributed by atoms with E-state index in [4.69, 9.17) is 5.11 Å². The molecule has 0 fully saturated rings. The number of pyridine rings is 1. The SMILES string of the molecule is CC(O)CCCNc1ccccn1. The fourth-order valence-corrected chi connectivity index (χ4v) is 1.08. The van der Waals surface area contributed by atoms with E-state index in [9.17, 15) is 0 Å². The van der Waals surface area contributed by atoms with Gasteiger partial charge < -0.3 is 10.4 Å². The first-order valence-electron chi connectivity index (χ1n) is 4.62. The van der Waals surface area contributed by atoms with Gasteiger partial charge in [-0.15, -0.1) is 0 Å². The first kappa shape index (κ1) is 9.99. The van der Waals surface area contributed by atoms with Gasteiger partial charge in [0.1, 0.15) is 5.82 Å². The van der Waals surface area contributed by atoms with Crippen molar-refractivity contribution in [3.8, 4) is 0 Å². The van der Waals surface area contributed by atoms with Crippen LogP contribution in [0, 0.1) is 0 Å². The standard InChI is InChI=1S/C10H16N2O/c1-9(13)5-4-8-12-10-6-2-3-7-11-10/h2-3,6-7,9,13H,4-5,8H2,1H3,(H,11,12). The van der Waals surface area contributed by atoms with Gasteiger partial charge in [0, 0.05) is 12.7 Å². The Kier molecular flexibility index (Phi) is 4.26. The molecule has 0 aliphatic heterocycles. The smallest absolute Gasteiger partial charge is 0.125 e. The topological polar surface area (TPSA) is 45.1 Å². The zero-order valence-corrected chi connectivity index (χ0v) is 7.90. The number of nitrogens with one attached hydrogen (secondary N) is 1. The van der Waals surface area contributed by atoms with E-state index in [1.807, 2.05) is 18.2 Å². The highest BCUT2D eigenvalue weighted by Gasteiger charge is 1.95. The third-order valence-corrected chi connectivity index (χ3v) is 1.77. The van der Waals surface area contributed by atoms with E-state index in [-0.39, 0.29) is 6.10 Å². The van der Waals surface area contributed by atoms with Gasteiger partial charge in [0.2, 0.25) is 0 Å². The molecule has 1 atom stereocenters. The number of hydrogen-bond acceptors (Lipinski definition) is 3. The number of aliphatic hydroxyl groups excluding tert-OH is 1. The minimum Gasteiger partial charge on any atom is -0.393 e. The van der Waals surface area contributed by atoms with Crippen molar-refractivity contribution in [3.63, 3.8) is 0 Å². The van der Waals surface area contributed by atoms with Crippen LogP contribution in [0.5, 0.6) is 0 Å². The highest BCUT2D eigenvalue weighted by molar-refractivity contribution is 5.32. The van der Waals surface area contributed by atoms with Crippen LogP contribution < -0.4 is 5.32 Å². The largest absolute Gasteiger partial charge is 0.393 e. The van der Waals surface area contributed by atoms with Crippen LogP contribution in [0.1, 0.15) is 19.8 Å². The second kappa shape index (κ2) is 5.54. The summed E-state index contributed by atoms with van der Waals surface area (Å²) in [6, 6.07) is 5.77. The zero-order chi connectivity index (χ0) is 9.52. The van der Waals surface area contributed by atoms with Crippen molar-refractivity contribution in [2.45, 2.75) is 25.9 Å². The van der Waals surface area contributed by atoms with Crippen LogP contribution in [0.2, 0.25) is 0 Å². The second-order valence-corrected chi connectivity index (χ2v) is 3.13. The molecule has 0 aromatic carbocycles. The molecule has 0 radical (unpaired) electrons. The Balaban J connectivity index is 2.13. The number of hydrogen-bond donors (Lipinski definition) is 2. The molecule has 1 aromatic heterocycles. The molecule has 0 spiro atoms. The number of anilines is 1. The Labute approximate surface area is 78.8 Å². The third kappa shape index (κ3) is 4.48. The summed E-state index contributed by atoms with van der Waals surface area (Å²) < 4.78 is 0. The molecule has 13 heavy (non-hydrogen) atoms. The fraction of sp³-hybridized carbons (Fsp3) is 0.500. The normalized spacial score (nSPS) is 12.5. The maximum Gasteiger partial charge on any atom is 0.125 e.